The first-order valence-corrected chi connectivity index (χ1v) is 12.1. The van der Waals surface area contributed by atoms with Crippen LogP contribution in [0.2, 0.25) is 5.02 Å². The molecule has 1 fully saturated rings. The van der Waals surface area contributed by atoms with Crippen LogP contribution in [0.15, 0.2) is 48.7 Å². The molecule has 1 aromatic heterocycles. The third-order valence-corrected chi connectivity index (χ3v) is 6.48. The largest absolute Gasteiger partial charge is 0.453 e. The quantitative estimate of drug-likeness (QED) is 0.424. The molecule has 1 amide bonds. The molecule has 1 atom stereocenters. The van der Waals surface area contributed by atoms with E-state index in [1.165, 1.54) is 24.4 Å². The Hall–Kier alpha value is -3.28. The number of carbonyl (C=O) groups is 1. The number of ether oxygens (including phenoxy) is 1. The van der Waals surface area contributed by atoms with Crippen molar-refractivity contribution in [2.24, 2.45) is 0 Å². The molecule has 0 unspecified atom stereocenters. The summed E-state index contributed by atoms with van der Waals surface area (Å²) in [4.78, 5) is 17.2. The first-order chi connectivity index (χ1) is 17.8. The summed E-state index contributed by atoms with van der Waals surface area (Å²) in [5.41, 5.74) is 0.901. The number of halogens is 4. The summed E-state index contributed by atoms with van der Waals surface area (Å²) >= 11 is 6.83. The summed E-state index contributed by atoms with van der Waals surface area (Å²) in [5, 5.41) is 10.1. The number of carbonyl (C=O) groups excluding carboxylic acids is 1. The second-order valence-electron chi connectivity index (χ2n) is 8.71. The number of nitrogens with one attached hydrogen (secondary N) is 2. The summed E-state index contributed by atoms with van der Waals surface area (Å²) in [7, 11) is 3.92. The van der Waals surface area contributed by atoms with Gasteiger partial charge in [0.15, 0.2) is 17.3 Å². The van der Waals surface area contributed by atoms with Gasteiger partial charge in [0.2, 0.25) is 0 Å². The number of para-hydroxylation sites is 1. The molecule has 3 aromatic rings. The Morgan fingerprint density at radius 2 is 1.97 bits per heavy atom. The molecule has 1 aliphatic rings. The number of nitrogens with zero attached hydrogens (tertiary/aromatic N) is 4. The number of benzene rings is 2. The van der Waals surface area contributed by atoms with Crippen molar-refractivity contribution < 1.29 is 22.7 Å². The van der Waals surface area contributed by atoms with Crippen molar-refractivity contribution in [3.8, 4) is 11.5 Å². The van der Waals surface area contributed by atoms with Gasteiger partial charge in [-0.05, 0) is 44.4 Å². The highest BCUT2D eigenvalue weighted by Gasteiger charge is 2.29. The average molecular weight is 537 g/mol. The fourth-order valence-electron chi connectivity index (χ4n) is 4.20. The normalized spacial score (nSPS) is 16.3. The van der Waals surface area contributed by atoms with E-state index in [-0.39, 0.29) is 28.3 Å². The van der Waals surface area contributed by atoms with Crippen LogP contribution in [-0.4, -0.2) is 73.3 Å². The number of rotatable bonds is 9. The lowest BCUT2D eigenvalue weighted by atomic mass is 10.1. The van der Waals surface area contributed by atoms with Gasteiger partial charge in [-0.2, -0.15) is 5.10 Å². The Morgan fingerprint density at radius 3 is 2.70 bits per heavy atom. The number of piperazine rings is 1. The topological polar surface area (TPSA) is 74.7 Å². The molecule has 198 valence electrons. The van der Waals surface area contributed by atoms with Gasteiger partial charge in [-0.3, -0.25) is 14.4 Å². The summed E-state index contributed by atoms with van der Waals surface area (Å²) in [5.74, 6) is -0.868. The number of hydrogen-bond acceptors (Lipinski definition) is 6. The number of hydrogen-bond donors (Lipinski definition) is 2. The van der Waals surface area contributed by atoms with E-state index in [1.807, 2.05) is 19.0 Å². The van der Waals surface area contributed by atoms with Gasteiger partial charge in [-0.1, -0.05) is 23.7 Å². The molecule has 1 aliphatic heterocycles. The molecule has 0 aliphatic carbocycles. The van der Waals surface area contributed by atoms with E-state index in [9.17, 15) is 18.0 Å². The number of amides is 1. The first kappa shape index (κ1) is 26.8. The molecule has 0 radical (unpaired) electrons. The smallest absolute Gasteiger partial charge is 0.276 e. The molecule has 0 spiro atoms. The van der Waals surface area contributed by atoms with E-state index >= 15 is 0 Å². The predicted octanol–water partition coefficient (Wildman–Crippen LogP) is 4.33. The molecule has 1 saturated heterocycles. The van der Waals surface area contributed by atoms with Crippen LogP contribution in [0.1, 0.15) is 10.5 Å². The molecule has 8 nitrogen and oxygen atoms in total. The molecule has 4 rings (SSSR count). The fraction of sp³-hybridized carbons (Fsp3) is 0.360. The highest BCUT2D eigenvalue weighted by Crippen LogP contribution is 2.43. The lowest BCUT2D eigenvalue weighted by Gasteiger charge is -2.41. The number of likely N-dealkylation sites (N-methyl/N-ethyl adjacent to an activating group) is 2. The molecule has 2 heterocycles. The van der Waals surface area contributed by atoms with Crippen molar-refractivity contribution in [3.63, 3.8) is 0 Å². The van der Waals surface area contributed by atoms with Crippen molar-refractivity contribution in [3.05, 3.63) is 65.2 Å². The molecular weight excluding hydrogens is 509 g/mol. The summed E-state index contributed by atoms with van der Waals surface area (Å²) in [6.07, 6.45) is -1.27. The Balaban J connectivity index is 1.67. The first-order valence-electron chi connectivity index (χ1n) is 11.7. The lowest BCUT2D eigenvalue weighted by molar-refractivity contribution is 0.101. The van der Waals surface area contributed by atoms with Crippen LogP contribution in [0.25, 0.3) is 0 Å². The van der Waals surface area contributed by atoms with Crippen molar-refractivity contribution in [1.29, 1.82) is 0 Å². The molecule has 12 heteroatoms. The highest BCUT2D eigenvalue weighted by atomic mass is 35.5. The van der Waals surface area contributed by atoms with E-state index in [2.05, 4.69) is 20.6 Å². The van der Waals surface area contributed by atoms with Gasteiger partial charge in [-0.15, -0.1) is 0 Å². The highest BCUT2D eigenvalue weighted by molar-refractivity contribution is 6.35. The number of alkyl halides is 2. The Labute approximate surface area is 217 Å². The van der Waals surface area contributed by atoms with E-state index in [0.29, 0.717) is 24.5 Å². The van der Waals surface area contributed by atoms with Gasteiger partial charge in [0.25, 0.3) is 12.3 Å². The maximum atomic E-state index is 14.3. The van der Waals surface area contributed by atoms with E-state index < -0.39 is 24.7 Å². The molecular formula is C25H28ClF3N6O2. The minimum atomic E-state index is -2.59. The Morgan fingerprint density at radius 1 is 1.19 bits per heavy atom. The summed E-state index contributed by atoms with van der Waals surface area (Å²) in [6.45, 7) is 2.09. The lowest BCUT2D eigenvalue weighted by Crippen LogP contribution is -2.55. The number of aromatic nitrogens is 2. The van der Waals surface area contributed by atoms with E-state index in [0.717, 1.165) is 17.8 Å². The zero-order valence-electron chi connectivity index (χ0n) is 20.4. The van der Waals surface area contributed by atoms with Crippen molar-refractivity contribution in [1.82, 2.24) is 20.0 Å². The van der Waals surface area contributed by atoms with Crippen LogP contribution in [0.5, 0.6) is 11.5 Å². The minimum absolute atomic E-state index is 0.0131. The van der Waals surface area contributed by atoms with Crippen LogP contribution < -0.4 is 20.3 Å². The number of anilines is 2. The van der Waals surface area contributed by atoms with Gasteiger partial charge in [0.1, 0.15) is 17.3 Å². The van der Waals surface area contributed by atoms with Gasteiger partial charge in [0.05, 0.1) is 11.4 Å². The second-order valence-corrected chi connectivity index (χ2v) is 9.09. The van der Waals surface area contributed by atoms with Crippen molar-refractivity contribution in [2.75, 3.05) is 50.5 Å². The molecule has 0 saturated carbocycles. The Kier molecular flexibility index (Phi) is 8.57. The standard InChI is InChI=1S/C25H28ClF3N6O2/c1-30-13-16-14-34(12-11-33(16)2)24-18(31-25(36)19-9-10-35(32-19)15-22(28)29)7-8-21(23(24)26)37-20-6-4-3-5-17(20)27/h3-10,16,22,30H,11-15H2,1-2H3,(H,31,36)/t16-/m0/s1. The predicted molar refractivity (Wildman–Crippen MR) is 137 cm³/mol. The molecule has 37 heavy (non-hydrogen) atoms. The molecule has 2 N–H and O–H groups in total. The van der Waals surface area contributed by atoms with Crippen LogP contribution in [0.3, 0.4) is 0 Å². The summed E-state index contributed by atoms with van der Waals surface area (Å²) in [6, 6.07) is 10.7. The van der Waals surface area contributed by atoms with Gasteiger partial charge < -0.3 is 20.3 Å². The zero-order chi connectivity index (χ0) is 26.5. The van der Waals surface area contributed by atoms with Gasteiger partial charge in [-0.25, -0.2) is 13.2 Å². The van der Waals surface area contributed by atoms with E-state index in [4.69, 9.17) is 16.3 Å². The minimum Gasteiger partial charge on any atom is -0.453 e. The van der Waals surface area contributed by atoms with E-state index in [1.54, 1.807) is 24.3 Å². The van der Waals surface area contributed by atoms with Crippen LogP contribution in [0, 0.1) is 5.82 Å². The third-order valence-electron chi connectivity index (χ3n) is 6.12. The maximum Gasteiger partial charge on any atom is 0.276 e. The van der Waals surface area contributed by atoms with Gasteiger partial charge >= 0.3 is 0 Å². The third kappa shape index (κ3) is 6.35. The maximum absolute atomic E-state index is 14.3. The Bertz CT molecular complexity index is 1240. The summed E-state index contributed by atoms with van der Waals surface area (Å²) < 4.78 is 46.4. The van der Waals surface area contributed by atoms with Crippen LogP contribution in [0.4, 0.5) is 24.5 Å². The van der Waals surface area contributed by atoms with Crippen molar-refractivity contribution >= 4 is 28.9 Å². The van der Waals surface area contributed by atoms with Crippen LogP contribution in [-0.2, 0) is 6.54 Å². The monoisotopic (exact) mass is 536 g/mol. The second kappa shape index (κ2) is 11.8. The van der Waals surface area contributed by atoms with Crippen LogP contribution >= 0.6 is 11.6 Å². The SMILES string of the molecule is CNC[C@H]1CN(c2c(NC(=O)c3ccn(CC(F)F)n3)ccc(Oc3ccccc3F)c2Cl)CCN1C. The zero-order valence-corrected chi connectivity index (χ0v) is 21.2. The molecule has 0 bridgehead atoms. The fourth-order valence-corrected chi connectivity index (χ4v) is 4.52. The van der Waals surface area contributed by atoms with Gasteiger partial charge in [0, 0.05) is 38.4 Å². The van der Waals surface area contributed by atoms with Crippen molar-refractivity contribution in [2.45, 2.75) is 19.0 Å². The molecule has 2 aromatic carbocycles. The average Bonchev–Trinajstić information content (AvgIpc) is 3.32.